The number of halogens is 1. The third kappa shape index (κ3) is 3.17. The highest BCUT2D eigenvalue weighted by molar-refractivity contribution is 7.78. The Morgan fingerprint density at radius 1 is 1.18 bits per heavy atom. The zero-order valence-corrected chi connectivity index (χ0v) is 9.54. The summed E-state index contributed by atoms with van der Waals surface area (Å²) in [6.07, 6.45) is 1.57. The second-order valence-corrected chi connectivity index (χ2v) is 3.42. The van der Waals surface area contributed by atoms with Gasteiger partial charge in [0.25, 0.3) is 0 Å². The van der Waals surface area contributed by atoms with Gasteiger partial charge in [-0.05, 0) is 48.6 Å². The summed E-state index contributed by atoms with van der Waals surface area (Å²) in [7, 11) is 0. The zero-order chi connectivity index (χ0) is 12.1. The lowest BCUT2D eigenvalue weighted by atomic mass is 10.3. The SMILES string of the molecule is Fc1ccc(Nc2ccc(N=C=S)cn2)cc1. The van der Waals surface area contributed by atoms with Crippen LogP contribution in [0.5, 0.6) is 0 Å². The van der Waals surface area contributed by atoms with Crippen LogP contribution in [0.1, 0.15) is 0 Å². The first-order chi connectivity index (χ1) is 8.28. The monoisotopic (exact) mass is 245 g/mol. The molecule has 1 N–H and O–H groups in total. The number of hydrogen-bond donors (Lipinski definition) is 1. The number of thiocarbonyl (C=S) groups is 1. The maximum Gasteiger partial charge on any atom is 0.130 e. The van der Waals surface area contributed by atoms with Crippen molar-refractivity contribution in [1.82, 2.24) is 4.98 Å². The molecule has 17 heavy (non-hydrogen) atoms. The summed E-state index contributed by atoms with van der Waals surface area (Å²) in [6.45, 7) is 0. The summed E-state index contributed by atoms with van der Waals surface area (Å²) in [5.74, 6) is 0.383. The van der Waals surface area contributed by atoms with Gasteiger partial charge < -0.3 is 5.32 Å². The van der Waals surface area contributed by atoms with Crippen LogP contribution in [0.2, 0.25) is 0 Å². The Labute approximate surface area is 103 Å². The topological polar surface area (TPSA) is 37.3 Å². The smallest absolute Gasteiger partial charge is 0.130 e. The average molecular weight is 245 g/mol. The van der Waals surface area contributed by atoms with Crippen LogP contribution in [0.3, 0.4) is 0 Å². The fourth-order valence-electron chi connectivity index (χ4n) is 1.26. The van der Waals surface area contributed by atoms with Crippen molar-refractivity contribution in [2.75, 3.05) is 5.32 Å². The molecule has 1 heterocycles. The number of aromatic nitrogens is 1. The van der Waals surface area contributed by atoms with E-state index in [1.165, 1.54) is 12.1 Å². The van der Waals surface area contributed by atoms with Gasteiger partial charge in [0.15, 0.2) is 0 Å². The summed E-state index contributed by atoms with van der Waals surface area (Å²) >= 11 is 4.49. The predicted molar refractivity (Wildman–Crippen MR) is 68.6 cm³/mol. The van der Waals surface area contributed by atoms with Crippen molar-refractivity contribution in [2.24, 2.45) is 4.99 Å². The largest absolute Gasteiger partial charge is 0.340 e. The average Bonchev–Trinajstić information content (AvgIpc) is 2.35. The Hall–Kier alpha value is -2.10. The van der Waals surface area contributed by atoms with E-state index >= 15 is 0 Å². The Kier molecular flexibility index (Phi) is 3.55. The van der Waals surface area contributed by atoms with Gasteiger partial charge in [-0.3, -0.25) is 0 Å². The molecule has 1 aromatic heterocycles. The van der Waals surface area contributed by atoms with E-state index in [9.17, 15) is 4.39 Å². The van der Waals surface area contributed by atoms with E-state index in [1.807, 2.05) is 0 Å². The number of nitrogens with zero attached hydrogens (tertiary/aromatic N) is 2. The highest BCUT2D eigenvalue weighted by Gasteiger charge is 1.96. The van der Waals surface area contributed by atoms with Crippen molar-refractivity contribution < 1.29 is 4.39 Å². The maximum atomic E-state index is 12.7. The minimum atomic E-state index is -0.269. The van der Waals surface area contributed by atoms with Gasteiger partial charge in [0.05, 0.1) is 17.0 Å². The third-order valence-corrected chi connectivity index (χ3v) is 2.13. The Bertz CT molecular complexity index is 545. The van der Waals surface area contributed by atoms with Gasteiger partial charge >= 0.3 is 0 Å². The first-order valence-electron chi connectivity index (χ1n) is 4.84. The standard InChI is InChI=1S/C12H8FN3S/c13-9-1-3-10(4-2-9)16-12-6-5-11(7-14-12)15-8-17/h1-7H,(H,14,16). The second-order valence-electron chi connectivity index (χ2n) is 3.24. The molecule has 0 aliphatic carbocycles. The molecular weight excluding hydrogens is 237 g/mol. The van der Waals surface area contributed by atoms with Gasteiger partial charge in [-0.15, -0.1) is 0 Å². The molecule has 0 saturated carbocycles. The van der Waals surface area contributed by atoms with E-state index in [2.05, 4.69) is 32.7 Å². The molecule has 0 atom stereocenters. The van der Waals surface area contributed by atoms with Crippen LogP contribution in [-0.4, -0.2) is 10.1 Å². The van der Waals surface area contributed by atoms with Crippen LogP contribution in [-0.2, 0) is 0 Å². The van der Waals surface area contributed by atoms with E-state index in [1.54, 1.807) is 30.5 Å². The van der Waals surface area contributed by atoms with Crippen molar-refractivity contribution in [3.8, 4) is 0 Å². The number of benzene rings is 1. The quantitative estimate of drug-likeness (QED) is 0.661. The Morgan fingerprint density at radius 3 is 2.53 bits per heavy atom. The molecule has 0 radical (unpaired) electrons. The molecule has 3 nitrogen and oxygen atoms in total. The second kappa shape index (κ2) is 5.30. The van der Waals surface area contributed by atoms with Gasteiger partial charge in [-0.2, -0.15) is 4.99 Å². The molecule has 5 heteroatoms. The van der Waals surface area contributed by atoms with E-state index in [0.717, 1.165) is 5.69 Å². The normalized spacial score (nSPS) is 9.47. The molecular formula is C12H8FN3S. The van der Waals surface area contributed by atoms with Gasteiger partial charge in [-0.25, -0.2) is 9.37 Å². The molecule has 0 unspecified atom stereocenters. The molecule has 0 aliphatic heterocycles. The highest BCUT2D eigenvalue weighted by atomic mass is 32.1. The summed E-state index contributed by atoms with van der Waals surface area (Å²) in [5.41, 5.74) is 1.41. The van der Waals surface area contributed by atoms with Crippen LogP contribution in [0.4, 0.5) is 21.6 Å². The molecule has 1 aromatic carbocycles. The Morgan fingerprint density at radius 2 is 1.94 bits per heavy atom. The summed E-state index contributed by atoms with van der Waals surface area (Å²) in [4.78, 5) is 7.92. The predicted octanol–water partition coefficient (Wildman–Crippen LogP) is 3.70. The lowest BCUT2D eigenvalue weighted by Crippen LogP contribution is -1.92. The van der Waals surface area contributed by atoms with Crippen LogP contribution in [0, 0.1) is 5.82 Å². The van der Waals surface area contributed by atoms with E-state index in [-0.39, 0.29) is 5.82 Å². The first-order valence-corrected chi connectivity index (χ1v) is 5.25. The summed E-state index contributed by atoms with van der Waals surface area (Å²) in [6, 6.07) is 9.56. The van der Waals surface area contributed by atoms with Gasteiger partial charge in [-0.1, -0.05) is 0 Å². The van der Waals surface area contributed by atoms with Gasteiger partial charge in [0, 0.05) is 5.69 Å². The van der Waals surface area contributed by atoms with Gasteiger partial charge in [0.1, 0.15) is 11.6 Å². The zero-order valence-electron chi connectivity index (χ0n) is 8.72. The van der Waals surface area contributed by atoms with Crippen LogP contribution < -0.4 is 5.32 Å². The molecule has 0 amide bonds. The molecule has 84 valence electrons. The molecule has 2 aromatic rings. The minimum Gasteiger partial charge on any atom is -0.340 e. The molecule has 0 aliphatic rings. The lowest BCUT2D eigenvalue weighted by Gasteiger charge is -2.04. The number of nitrogens with one attached hydrogen (secondary N) is 1. The highest BCUT2D eigenvalue weighted by Crippen LogP contribution is 2.17. The number of anilines is 2. The Balaban J connectivity index is 2.13. The molecule has 0 bridgehead atoms. The lowest BCUT2D eigenvalue weighted by molar-refractivity contribution is 0.628. The van der Waals surface area contributed by atoms with E-state index < -0.39 is 0 Å². The molecule has 0 fully saturated rings. The number of rotatable bonds is 3. The van der Waals surface area contributed by atoms with Crippen LogP contribution in [0.25, 0.3) is 0 Å². The molecule has 0 saturated heterocycles. The molecule has 0 spiro atoms. The van der Waals surface area contributed by atoms with Crippen molar-refractivity contribution in [2.45, 2.75) is 0 Å². The number of aliphatic imine (C=N–C) groups is 1. The van der Waals surface area contributed by atoms with Crippen molar-refractivity contribution in [3.05, 3.63) is 48.4 Å². The van der Waals surface area contributed by atoms with Crippen molar-refractivity contribution in [1.29, 1.82) is 0 Å². The van der Waals surface area contributed by atoms with E-state index in [0.29, 0.717) is 11.5 Å². The van der Waals surface area contributed by atoms with Crippen LogP contribution in [0.15, 0.2) is 47.6 Å². The maximum absolute atomic E-state index is 12.7. The van der Waals surface area contributed by atoms with Crippen molar-refractivity contribution >= 4 is 34.6 Å². The summed E-state index contributed by atoms with van der Waals surface area (Å²) in [5, 5.41) is 5.30. The summed E-state index contributed by atoms with van der Waals surface area (Å²) < 4.78 is 12.7. The number of pyridine rings is 1. The van der Waals surface area contributed by atoms with Crippen LogP contribution >= 0.6 is 12.2 Å². The fraction of sp³-hybridized carbons (Fsp3) is 0. The first kappa shape index (κ1) is 11.4. The minimum absolute atomic E-state index is 0.269. The number of hydrogen-bond acceptors (Lipinski definition) is 4. The van der Waals surface area contributed by atoms with Gasteiger partial charge in [0.2, 0.25) is 0 Å². The number of isothiocyanates is 1. The third-order valence-electron chi connectivity index (χ3n) is 2.04. The molecule has 2 rings (SSSR count). The van der Waals surface area contributed by atoms with Crippen molar-refractivity contribution in [3.63, 3.8) is 0 Å². The fourth-order valence-corrected chi connectivity index (χ4v) is 1.37. The van der Waals surface area contributed by atoms with E-state index in [4.69, 9.17) is 0 Å².